The van der Waals surface area contributed by atoms with Gasteiger partial charge in [0, 0.05) is 0 Å². The highest BCUT2D eigenvalue weighted by Crippen LogP contribution is 2.03. The van der Waals surface area contributed by atoms with Crippen LogP contribution in [0.3, 0.4) is 0 Å². The van der Waals surface area contributed by atoms with E-state index in [2.05, 4.69) is 0 Å². The molecule has 2 N–H and O–H groups in total. The predicted molar refractivity (Wildman–Crippen MR) is 71.8 cm³/mol. The van der Waals surface area contributed by atoms with Crippen LogP contribution in [0.15, 0.2) is 48.5 Å². The van der Waals surface area contributed by atoms with Crippen LogP contribution in [0.2, 0.25) is 0 Å². The van der Waals surface area contributed by atoms with Crippen molar-refractivity contribution in [2.75, 3.05) is 0 Å². The van der Waals surface area contributed by atoms with Crippen LogP contribution < -0.4 is 10.4 Å². The zero-order chi connectivity index (χ0) is 12.5. The molecule has 0 atom stereocenters. The minimum Gasteiger partial charge on any atom is -0.404 e. The summed E-state index contributed by atoms with van der Waals surface area (Å²) in [4.78, 5) is 20.8. The lowest BCUT2D eigenvalue weighted by atomic mass is 10.2. The summed E-state index contributed by atoms with van der Waals surface area (Å²) in [7, 11) is -3.52. The Bertz CT molecular complexity index is 488. The van der Waals surface area contributed by atoms with E-state index in [0.29, 0.717) is 10.4 Å². The average molecular weight is 244 g/mol. The summed E-state index contributed by atoms with van der Waals surface area (Å²) >= 11 is 0. The van der Waals surface area contributed by atoms with Gasteiger partial charge in [-0.2, -0.15) is 0 Å². The van der Waals surface area contributed by atoms with Gasteiger partial charge >= 0.3 is 8.56 Å². The molecule has 0 aliphatic carbocycles. The SMILES string of the molecule is Cc1cccc([Si](O)(O)c2cccc(C)c2)c1. The van der Waals surface area contributed by atoms with Gasteiger partial charge in [0.2, 0.25) is 0 Å². The smallest absolute Gasteiger partial charge is 0.401 e. The molecule has 2 aromatic rings. The van der Waals surface area contributed by atoms with Crippen molar-refractivity contribution >= 4 is 18.9 Å². The second-order valence-corrected chi connectivity index (χ2v) is 6.91. The van der Waals surface area contributed by atoms with Gasteiger partial charge < -0.3 is 9.59 Å². The van der Waals surface area contributed by atoms with E-state index in [-0.39, 0.29) is 0 Å². The first-order chi connectivity index (χ1) is 8.00. The maximum atomic E-state index is 10.4. The molecule has 88 valence electrons. The van der Waals surface area contributed by atoms with E-state index in [1.165, 1.54) is 0 Å². The fourth-order valence-corrected chi connectivity index (χ4v) is 3.74. The van der Waals surface area contributed by atoms with Gasteiger partial charge in [0.15, 0.2) is 0 Å². The highest BCUT2D eigenvalue weighted by atomic mass is 28.4. The first-order valence-corrected chi connectivity index (χ1v) is 7.48. The normalized spacial score (nSPS) is 11.5. The van der Waals surface area contributed by atoms with Crippen LogP contribution in [0, 0.1) is 13.8 Å². The van der Waals surface area contributed by atoms with Gasteiger partial charge in [-0.25, -0.2) is 0 Å². The van der Waals surface area contributed by atoms with Crippen molar-refractivity contribution in [2.24, 2.45) is 0 Å². The molecule has 0 amide bonds. The predicted octanol–water partition coefficient (Wildman–Crippen LogP) is 0.844. The molecule has 0 bridgehead atoms. The Hall–Kier alpha value is -1.42. The van der Waals surface area contributed by atoms with Gasteiger partial charge in [-0.3, -0.25) is 0 Å². The van der Waals surface area contributed by atoms with Crippen LogP contribution in [0.25, 0.3) is 0 Å². The molecule has 2 aromatic carbocycles. The molecule has 0 aliphatic heterocycles. The minimum atomic E-state index is -3.52. The lowest BCUT2D eigenvalue weighted by Crippen LogP contribution is -2.59. The summed E-state index contributed by atoms with van der Waals surface area (Å²) < 4.78 is 0. The lowest BCUT2D eigenvalue weighted by Gasteiger charge is -2.19. The van der Waals surface area contributed by atoms with E-state index in [1.54, 1.807) is 12.1 Å². The molecule has 3 heteroatoms. The lowest BCUT2D eigenvalue weighted by molar-refractivity contribution is 0.401. The van der Waals surface area contributed by atoms with Gasteiger partial charge in [-0.15, -0.1) is 0 Å². The van der Waals surface area contributed by atoms with E-state index in [9.17, 15) is 9.59 Å². The monoisotopic (exact) mass is 244 g/mol. The van der Waals surface area contributed by atoms with Crippen LogP contribution in [0.4, 0.5) is 0 Å². The molecule has 0 unspecified atom stereocenters. The fraction of sp³-hybridized carbons (Fsp3) is 0.143. The second kappa shape index (κ2) is 4.45. The molecule has 0 aromatic heterocycles. The number of hydrogen-bond donors (Lipinski definition) is 2. The first kappa shape index (κ1) is 12.0. The Morgan fingerprint density at radius 3 is 1.53 bits per heavy atom. The summed E-state index contributed by atoms with van der Waals surface area (Å²) in [6.45, 7) is 3.90. The third-order valence-corrected chi connectivity index (χ3v) is 5.07. The Morgan fingerprint density at radius 1 is 0.765 bits per heavy atom. The third-order valence-electron chi connectivity index (χ3n) is 2.84. The zero-order valence-corrected chi connectivity index (χ0v) is 11.0. The van der Waals surface area contributed by atoms with Gasteiger partial charge in [0.1, 0.15) is 0 Å². The van der Waals surface area contributed by atoms with Crippen LogP contribution in [-0.2, 0) is 0 Å². The van der Waals surface area contributed by atoms with Crippen molar-refractivity contribution in [3.63, 3.8) is 0 Å². The van der Waals surface area contributed by atoms with Crippen LogP contribution in [0.5, 0.6) is 0 Å². The summed E-state index contributed by atoms with van der Waals surface area (Å²) in [5, 5.41) is 1.26. The summed E-state index contributed by atoms with van der Waals surface area (Å²) in [6, 6.07) is 14.9. The fourth-order valence-electron chi connectivity index (χ4n) is 1.89. The largest absolute Gasteiger partial charge is 0.404 e. The van der Waals surface area contributed by atoms with Gasteiger partial charge in [-0.1, -0.05) is 59.7 Å². The molecule has 0 fully saturated rings. The van der Waals surface area contributed by atoms with E-state index in [1.807, 2.05) is 50.2 Å². The van der Waals surface area contributed by atoms with Gasteiger partial charge in [0.25, 0.3) is 0 Å². The Labute approximate surface area is 102 Å². The molecular weight excluding hydrogens is 228 g/mol. The molecular formula is C14H16O2Si. The number of aryl methyl sites for hydroxylation is 2. The van der Waals surface area contributed by atoms with E-state index < -0.39 is 8.56 Å². The number of benzene rings is 2. The maximum absolute atomic E-state index is 10.4. The second-order valence-electron chi connectivity index (χ2n) is 4.41. The summed E-state index contributed by atoms with van der Waals surface area (Å²) in [5.74, 6) is 0. The molecule has 0 radical (unpaired) electrons. The van der Waals surface area contributed by atoms with Crippen LogP contribution in [0.1, 0.15) is 11.1 Å². The van der Waals surface area contributed by atoms with E-state index >= 15 is 0 Å². The van der Waals surface area contributed by atoms with E-state index in [4.69, 9.17) is 0 Å². The van der Waals surface area contributed by atoms with E-state index in [0.717, 1.165) is 11.1 Å². The minimum absolute atomic E-state index is 0.628. The van der Waals surface area contributed by atoms with Crippen molar-refractivity contribution in [3.05, 3.63) is 59.7 Å². The van der Waals surface area contributed by atoms with Gasteiger partial charge in [-0.05, 0) is 24.2 Å². The third kappa shape index (κ3) is 2.47. The molecule has 0 saturated carbocycles. The Balaban J connectivity index is 2.49. The van der Waals surface area contributed by atoms with Crippen LogP contribution in [-0.4, -0.2) is 18.2 Å². The van der Waals surface area contributed by atoms with Crippen molar-refractivity contribution in [3.8, 4) is 0 Å². The quantitative estimate of drug-likeness (QED) is 0.769. The molecule has 0 spiro atoms. The highest BCUT2D eigenvalue weighted by Gasteiger charge is 2.34. The topological polar surface area (TPSA) is 40.5 Å². The molecule has 0 heterocycles. The van der Waals surface area contributed by atoms with Crippen molar-refractivity contribution in [2.45, 2.75) is 13.8 Å². The van der Waals surface area contributed by atoms with Crippen LogP contribution >= 0.6 is 0 Å². The molecule has 2 rings (SSSR count). The zero-order valence-electron chi connectivity index (χ0n) is 10.0. The maximum Gasteiger partial charge on any atom is 0.401 e. The Kier molecular flexibility index (Phi) is 3.15. The van der Waals surface area contributed by atoms with Crippen molar-refractivity contribution in [1.29, 1.82) is 0 Å². The highest BCUT2D eigenvalue weighted by molar-refractivity contribution is 6.90. The number of rotatable bonds is 2. The molecule has 0 aliphatic rings. The Morgan fingerprint density at radius 2 is 1.18 bits per heavy atom. The average Bonchev–Trinajstić information content (AvgIpc) is 2.29. The summed E-state index contributed by atoms with van der Waals surface area (Å²) in [6.07, 6.45) is 0. The molecule has 2 nitrogen and oxygen atoms in total. The number of hydrogen-bond acceptors (Lipinski definition) is 2. The van der Waals surface area contributed by atoms with Crippen molar-refractivity contribution in [1.82, 2.24) is 0 Å². The standard InChI is InChI=1S/C14H16O2Si/c1-11-5-3-7-13(9-11)17(15,16)14-8-4-6-12(2)10-14/h3-10,15-16H,1-2H3. The molecule has 17 heavy (non-hydrogen) atoms. The first-order valence-electron chi connectivity index (χ1n) is 5.59. The summed E-state index contributed by atoms with van der Waals surface area (Å²) in [5.41, 5.74) is 2.07. The van der Waals surface area contributed by atoms with Gasteiger partial charge in [0.05, 0.1) is 0 Å². The van der Waals surface area contributed by atoms with Crippen molar-refractivity contribution < 1.29 is 9.59 Å². The molecule has 0 saturated heterocycles.